The molecule has 22 fully saturated rings. The fourth-order valence-corrected chi connectivity index (χ4v) is 8.93. The van der Waals surface area contributed by atoms with Crippen LogP contribution in [0.3, 0.4) is 0 Å². The Morgan fingerprint density at radius 2 is 0.361 bits per heavy atom. The van der Waals surface area contributed by atoms with Crippen LogP contribution in [0.5, 0.6) is 0 Å². The van der Waals surface area contributed by atoms with Crippen LogP contribution in [0.15, 0.2) is 0 Å². The van der Waals surface area contributed by atoms with Crippen LogP contribution in [-0.2, 0) is 61.4 Å². The molecule has 0 spiro atoms. The summed E-state index contributed by atoms with van der Waals surface area (Å²) in [4.78, 5) is 21.6. The molecule has 22 heterocycles. The van der Waals surface area contributed by atoms with Crippen molar-refractivity contribution in [2.24, 2.45) is 0 Å². The molecule has 36 heteroatoms. The van der Waals surface area contributed by atoms with Gasteiger partial charge in [-0.1, -0.05) is 0 Å². The van der Waals surface area contributed by atoms with Gasteiger partial charge in [-0.25, -0.2) is 4.57 Å². The van der Waals surface area contributed by atoms with Crippen molar-refractivity contribution in [1.82, 2.24) is 0 Å². The second-order valence-electron chi connectivity index (χ2n) is 17.4. The minimum absolute atomic E-state index is 0. The average Bonchev–Trinajstić information content (AvgIpc) is 3.33. The minimum Gasteiger partial charge on any atom is -0.394 e. The van der Waals surface area contributed by atoms with Crippen LogP contribution in [0.25, 0.3) is 0 Å². The maximum absolute atomic E-state index is 11.2. The largest absolute Gasteiger partial charge is 0.466 e. The average molecular weight is 1090 g/mol. The molecule has 0 aromatic rings. The van der Waals surface area contributed by atoms with E-state index in [1.54, 1.807) is 0 Å². The molecular formula is C36H63NaO34P. The van der Waals surface area contributed by atoms with Crippen molar-refractivity contribution in [2.45, 2.75) is 184 Å². The standard InChI is InChI=1S/C36H60O30.Na.H3O4P/c37-1-7-25-13(43)19(49)31(55-7)62-26-8(2-38)57-33(21(51)15(26)45)64-28-10(4-40)59-35(23(53)17(28)47)66-30-12(6-42)60-36(24(54)18(30)48)65-29-11(5-41)58-34(22(52)16(29)46)63-27-9(3-39)56-32(61-25)20(50)14(27)44;;1-5(2,3)4/h7-54H,1-6H2;;(H3,1,2,3,4)/t7-,8-,9-,10-,11-,12-,13-,14-,15-,16-,17-,18-,19-,20-,21-,22-,23-,24-,25-,26-,27-,28-,29-,30-,31-,32-,33-,34-,35-,36-;;/m1../s1. The maximum Gasteiger partial charge on any atom is 0.466 e. The summed E-state index contributed by atoms with van der Waals surface area (Å²) in [5.74, 6) is 0. The van der Waals surface area contributed by atoms with Crippen LogP contribution in [0, 0.1) is 0 Å². The van der Waals surface area contributed by atoms with Crippen LogP contribution in [0.4, 0.5) is 0 Å². The molecule has 0 aliphatic carbocycles. The van der Waals surface area contributed by atoms with Gasteiger partial charge in [-0.2, -0.15) is 0 Å². The van der Waals surface area contributed by atoms with Gasteiger partial charge >= 0.3 is 7.82 Å². The maximum atomic E-state index is 11.2. The van der Waals surface area contributed by atoms with Gasteiger partial charge in [0.2, 0.25) is 0 Å². The second-order valence-corrected chi connectivity index (χ2v) is 18.4. The molecule has 34 nitrogen and oxygen atoms in total. The van der Waals surface area contributed by atoms with Crippen LogP contribution in [0.1, 0.15) is 0 Å². The number of hydrogen-bond acceptors (Lipinski definition) is 31. The fourth-order valence-electron chi connectivity index (χ4n) is 8.93. The van der Waals surface area contributed by atoms with Crippen molar-refractivity contribution in [3.8, 4) is 0 Å². The number of hydrogen-bond donors (Lipinski definition) is 21. The van der Waals surface area contributed by atoms with E-state index in [1.807, 2.05) is 0 Å². The molecule has 0 aromatic heterocycles. The van der Waals surface area contributed by atoms with E-state index in [1.165, 1.54) is 0 Å². The van der Waals surface area contributed by atoms with Gasteiger partial charge < -0.3 is 163 Å². The van der Waals surface area contributed by atoms with Crippen molar-refractivity contribution in [3.05, 3.63) is 0 Å². The summed E-state index contributed by atoms with van der Waals surface area (Å²) < 4.78 is 76.7. The number of aliphatic hydroxyl groups is 18. The van der Waals surface area contributed by atoms with E-state index in [2.05, 4.69) is 0 Å². The van der Waals surface area contributed by atoms with Gasteiger partial charge in [0.25, 0.3) is 0 Å². The van der Waals surface area contributed by atoms with Crippen molar-refractivity contribution in [2.75, 3.05) is 39.6 Å². The summed E-state index contributed by atoms with van der Waals surface area (Å²) in [6, 6.07) is 0. The van der Waals surface area contributed by atoms with Crippen molar-refractivity contribution in [3.63, 3.8) is 0 Å². The number of phosphoric acid groups is 1. The normalized spacial score (nSPS) is 51.6. The molecule has 1 radical (unpaired) electrons. The number of rotatable bonds is 6. The molecule has 12 bridgehead atoms. The second kappa shape index (κ2) is 26.7. The Morgan fingerprint density at radius 3 is 0.458 bits per heavy atom. The topological polar surface area (TPSA) is 553 Å². The zero-order valence-electron chi connectivity index (χ0n) is 37.7. The fraction of sp³-hybridized carbons (Fsp3) is 1.00. The van der Waals surface area contributed by atoms with Gasteiger partial charge in [0.1, 0.15) is 146 Å². The van der Waals surface area contributed by atoms with Crippen molar-refractivity contribution < 1.29 is 168 Å². The molecule has 30 atom stereocenters. The molecular weight excluding hydrogens is 1030 g/mol. The molecule has 72 heavy (non-hydrogen) atoms. The third kappa shape index (κ3) is 13.7. The summed E-state index contributed by atoms with van der Waals surface area (Å²) in [5, 5.41) is 196. The Balaban J connectivity index is 0.00000153. The summed E-state index contributed by atoms with van der Waals surface area (Å²) in [6.45, 7) is -5.99. The summed E-state index contributed by atoms with van der Waals surface area (Å²) in [6.07, 6.45) is -58.5. The Bertz CT molecular complexity index is 1400. The van der Waals surface area contributed by atoms with Crippen LogP contribution in [-0.4, -0.2) is 360 Å². The Kier molecular flexibility index (Phi) is 23.3. The SMILES string of the molecule is O=P(O)(O)O.OC[C@H]1O[C@@H]2O[C@H]3[C@H](O)[C@@H](O)[C@@H](O[C@H]4[C@H](O)[C@@H](O)[C@@H](O[C@H]5[C@H](O)[C@@H](O)[C@@H](O[C@H]6[C@H](O)[C@@H](O)[C@@H](O[C@H]7[C@H](O)[C@@H](O)[C@@H](O[C@H]1[C@H](O)[C@H]2O)O[C@@H]7CO)O[C@@H]6CO)O[C@@H]5CO)O[C@@H]4CO)O[C@@H]3CO.[Na]. The number of aliphatic hydroxyl groups excluding tert-OH is 18. The first-order valence-corrected chi connectivity index (χ1v) is 23.4. The van der Waals surface area contributed by atoms with Crippen LogP contribution in [0.2, 0.25) is 0 Å². The number of ether oxygens (including phenoxy) is 12. The molecule has 22 rings (SSSR count). The van der Waals surface area contributed by atoms with E-state index in [9.17, 15) is 91.9 Å². The first-order chi connectivity index (χ1) is 33.4. The van der Waals surface area contributed by atoms with Gasteiger partial charge in [-0.3, -0.25) is 0 Å². The zero-order chi connectivity index (χ0) is 52.5. The van der Waals surface area contributed by atoms with E-state index >= 15 is 0 Å². The smallest absolute Gasteiger partial charge is 0.394 e. The molecule has 0 amide bonds. The molecule has 22 saturated heterocycles. The summed E-state index contributed by atoms with van der Waals surface area (Å²) in [7, 11) is -4.64. The van der Waals surface area contributed by atoms with Crippen molar-refractivity contribution in [1.29, 1.82) is 0 Å². The third-order valence-electron chi connectivity index (χ3n) is 12.7. The molecule has 21 N–H and O–H groups in total. The third-order valence-corrected chi connectivity index (χ3v) is 12.7. The first-order valence-electron chi connectivity index (χ1n) is 21.9. The predicted octanol–water partition coefficient (Wildman–Crippen LogP) is -14.4. The zero-order valence-corrected chi connectivity index (χ0v) is 40.6. The molecule has 22 aliphatic rings. The summed E-state index contributed by atoms with van der Waals surface area (Å²) in [5.41, 5.74) is 0. The quantitative estimate of drug-likeness (QED) is 0.0867. The van der Waals surface area contributed by atoms with E-state index in [-0.39, 0.29) is 29.6 Å². The molecule has 0 unspecified atom stereocenters. The summed E-state index contributed by atoms with van der Waals surface area (Å²) >= 11 is 0. The Labute approximate surface area is 427 Å². The Morgan fingerprint density at radius 1 is 0.250 bits per heavy atom. The minimum atomic E-state index is -4.64. The monoisotopic (exact) mass is 1090 g/mol. The van der Waals surface area contributed by atoms with E-state index in [4.69, 9.17) is 76.1 Å². The van der Waals surface area contributed by atoms with Crippen molar-refractivity contribution >= 4 is 37.4 Å². The van der Waals surface area contributed by atoms with E-state index in [0.717, 1.165) is 0 Å². The Hall–Kier alpha value is -0.0900. The van der Waals surface area contributed by atoms with E-state index < -0.39 is 232 Å². The van der Waals surface area contributed by atoms with Crippen LogP contribution < -0.4 is 0 Å². The molecule has 22 aliphatic heterocycles. The van der Waals surface area contributed by atoms with Gasteiger partial charge in [-0.05, 0) is 0 Å². The van der Waals surface area contributed by atoms with Gasteiger partial charge in [0.05, 0.1) is 39.6 Å². The molecule has 417 valence electrons. The van der Waals surface area contributed by atoms with E-state index in [0.29, 0.717) is 0 Å². The predicted molar refractivity (Wildman–Crippen MR) is 216 cm³/mol. The molecule has 0 saturated carbocycles. The molecule has 0 aromatic carbocycles. The van der Waals surface area contributed by atoms with Gasteiger partial charge in [-0.15, -0.1) is 0 Å². The van der Waals surface area contributed by atoms with Gasteiger partial charge in [0, 0.05) is 29.6 Å². The van der Waals surface area contributed by atoms with Gasteiger partial charge in [0.15, 0.2) is 37.7 Å². The first kappa shape index (κ1) is 62.7. The van der Waals surface area contributed by atoms with Crippen LogP contribution >= 0.6 is 7.82 Å².